The second kappa shape index (κ2) is 4.70. The van der Waals surface area contributed by atoms with Crippen LogP contribution in [0.25, 0.3) is 0 Å². The van der Waals surface area contributed by atoms with E-state index in [2.05, 4.69) is 25.2 Å². The van der Waals surface area contributed by atoms with Gasteiger partial charge in [0.1, 0.15) is 5.82 Å². The zero-order chi connectivity index (χ0) is 12.5. The maximum Gasteiger partial charge on any atom is 0.239 e. The summed E-state index contributed by atoms with van der Waals surface area (Å²) in [6, 6.07) is 0.861. The van der Waals surface area contributed by atoms with Crippen LogP contribution in [-0.2, 0) is 0 Å². The molecule has 3 rings (SSSR count). The highest BCUT2D eigenvalue weighted by molar-refractivity contribution is 5.49. The Kier molecular flexibility index (Phi) is 3.05. The van der Waals surface area contributed by atoms with Crippen LogP contribution in [0.3, 0.4) is 0 Å². The number of nitrogens with two attached hydrogens (primary N) is 1. The number of hydrazine groups is 1. The number of aromatic nitrogens is 2. The lowest BCUT2D eigenvalue weighted by atomic mass is 10.2. The summed E-state index contributed by atoms with van der Waals surface area (Å²) in [5.74, 6) is 6.86. The monoisotopic (exact) mass is 248 g/mol. The van der Waals surface area contributed by atoms with Gasteiger partial charge in [0.2, 0.25) is 5.95 Å². The molecule has 1 saturated carbocycles. The first kappa shape index (κ1) is 11.7. The van der Waals surface area contributed by atoms with Gasteiger partial charge >= 0.3 is 0 Å². The molecule has 1 saturated heterocycles. The van der Waals surface area contributed by atoms with Crippen LogP contribution < -0.4 is 16.2 Å². The standard InChI is InChI=1S/C12H20N6/c1-9-8-14-12(16-13)15-11(9)18-6-4-17(5-7-18)10-2-3-10/h8,10H,2-7,13H2,1H3,(H,14,15,16). The van der Waals surface area contributed by atoms with Gasteiger partial charge < -0.3 is 4.90 Å². The van der Waals surface area contributed by atoms with Gasteiger partial charge in [-0.25, -0.2) is 10.8 Å². The normalized spacial score (nSPS) is 21.1. The number of nitrogens with one attached hydrogen (secondary N) is 1. The summed E-state index contributed by atoms with van der Waals surface area (Å²) in [4.78, 5) is 13.5. The highest BCUT2D eigenvalue weighted by Gasteiger charge is 2.31. The van der Waals surface area contributed by atoms with E-state index < -0.39 is 0 Å². The molecule has 0 radical (unpaired) electrons. The van der Waals surface area contributed by atoms with E-state index in [-0.39, 0.29) is 0 Å². The predicted octanol–water partition coefficient (Wildman–Crippen LogP) is 0.355. The molecule has 1 aliphatic heterocycles. The van der Waals surface area contributed by atoms with Crippen molar-refractivity contribution in [3.8, 4) is 0 Å². The van der Waals surface area contributed by atoms with E-state index in [0.717, 1.165) is 43.6 Å². The molecule has 3 N–H and O–H groups in total. The summed E-state index contributed by atoms with van der Waals surface area (Å²) < 4.78 is 0. The molecule has 0 bridgehead atoms. The molecule has 98 valence electrons. The first-order valence-corrected chi connectivity index (χ1v) is 6.57. The Hall–Kier alpha value is -1.40. The molecule has 2 heterocycles. The Morgan fingerprint density at radius 2 is 2.00 bits per heavy atom. The van der Waals surface area contributed by atoms with E-state index in [1.54, 1.807) is 0 Å². The van der Waals surface area contributed by atoms with Crippen molar-refractivity contribution in [2.24, 2.45) is 5.84 Å². The first-order valence-electron chi connectivity index (χ1n) is 6.57. The third-order valence-corrected chi connectivity index (χ3v) is 3.75. The van der Waals surface area contributed by atoms with Crippen molar-refractivity contribution in [3.63, 3.8) is 0 Å². The van der Waals surface area contributed by atoms with Crippen LogP contribution in [0.5, 0.6) is 0 Å². The Morgan fingerprint density at radius 1 is 1.28 bits per heavy atom. The van der Waals surface area contributed by atoms with Gasteiger partial charge in [-0.2, -0.15) is 4.98 Å². The Morgan fingerprint density at radius 3 is 2.61 bits per heavy atom. The van der Waals surface area contributed by atoms with Gasteiger partial charge in [0.15, 0.2) is 0 Å². The van der Waals surface area contributed by atoms with Crippen LogP contribution in [0, 0.1) is 6.92 Å². The molecular weight excluding hydrogens is 228 g/mol. The smallest absolute Gasteiger partial charge is 0.239 e. The van der Waals surface area contributed by atoms with Gasteiger partial charge in [0.25, 0.3) is 0 Å². The minimum atomic E-state index is 0.486. The van der Waals surface area contributed by atoms with E-state index in [4.69, 9.17) is 5.84 Å². The topological polar surface area (TPSA) is 70.3 Å². The van der Waals surface area contributed by atoms with Gasteiger partial charge in [0.05, 0.1) is 0 Å². The number of piperazine rings is 1. The Balaban J connectivity index is 1.71. The fourth-order valence-corrected chi connectivity index (χ4v) is 2.56. The van der Waals surface area contributed by atoms with Gasteiger partial charge in [-0.3, -0.25) is 10.3 Å². The molecule has 6 heteroatoms. The third kappa shape index (κ3) is 2.26. The third-order valence-electron chi connectivity index (χ3n) is 3.75. The van der Waals surface area contributed by atoms with E-state index in [1.165, 1.54) is 12.8 Å². The lowest BCUT2D eigenvalue weighted by molar-refractivity contribution is 0.247. The molecule has 0 spiro atoms. The lowest BCUT2D eigenvalue weighted by Crippen LogP contribution is -2.47. The van der Waals surface area contributed by atoms with Crippen molar-refractivity contribution < 1.29 is 0 Å². The van der Waals surface area contributed by atoms with Crippen molar-refractivity contribution in [3.05, 3.63) is 11.8 Å². The summed E-state index contributed by atoms with van der Waals surface area (Å²) in [6.45, 7) is 6.40. The maximum atomic E-state index is 5.37. The van der Waals surface area contributed by atoms with Gasteiger partial charge in [-0.05, 0) is 19.8 Å². The van der Waals surface area contributed by atoms with E-state index in [9.17, 15) is 0 Å². The number of hydrogen-bond acceptors (Lipinski definition) is 6. The molecule has 1 aliphatic carbocycles. The number of nitrogens with zero attached hydrogens (tertiary/aromatic N) is 4. The van der Waals surface area contributed by atoms with Crippen LogP contribution in [-0.4, -0.2) is 47.1 Å². The molecule has 1 aromatic heterocycles. The van der Waals surface area contributed by atoms with Crippen molar-refractivity contribution in [2.75, 3.05) is 36.5 Å². The summed E-state index contributed by atoms with van der Waals surface area (Å²) in [5, 5.41) is 0. The van der Waals surface area contributed by atoms with Gasteiger partial charge in [0, 0.05) is 44.0 Å². The predicted molar refractivity (Wildman–Crippen MR) is 71.4 cm³/mol. The zero-order valence-corrected chi connectivity index (χ0v) is 10.8. The zero-order valence-electron chi connectivity index (χ0n) is 10.8. The SMILES string of the molecule is Cc1cnc(NN)nc1N1CCN(C2CC2)CC1. The van der Waals surface area contributed by atoms with Gasteiger partial charge in [-0.1, -0.05) is 0 Å². The fourth-order valence-electron chi connectivity index (χ4n) is 2.56. The number of anilines is 2. The van der Waals surface area contributed by atoms with Crippen LogP contribution >= 0.6 is 0 Å². The second-order valence-corrected chi connectivity index (χ2v) is 5.10. The summed E-state index contributed by atoms with van der Waals surface area (Å²) in [5.41, 5.74) is 3.62. The summed E-state index contributed by atoms with van der Waals surface area (Å²) >= 11 is 0. The van der Waals surface area contributed by atoms with Crippen molar-refractivity contribution in [1.82, 2.24) is 14.9 Å². The number of aryl methyl sites for hydroxylation is 1. The number of hydrogen-bond donors (Lipinski definition) is 2. The first-order chi connectivity index (χ1) is 8.78. The van der Waals surface area contributed by atoms with Crippen molar-refractivity contribution >= 4 is 11.8 Å². The average molecular weight is 248 g/mol. The largest absolute Gasteiger partial charge is 0.354 e. The molecular formula is C12H20N6. The molecule has 0 unspecified atom stereocenters. The molecule has 1 aromatic rings. The van der Waals surface area contributed by atoms with E-state index in [1.807, 2.05) is 13.1 Å². The molecule has 0 amide bonds. The maximum absolute atomic E-state index is 5.37. The second-order valence-electron chi connectivity index (χ2n) is 5.10. The number of rotatable bonds is 3. The van der Waals surface area contributed by atoms with Crippen LogP contribution in [0.2, 0.25) is 0 Å². The molecule has 18 heavy (non-hydrogen) atoms. The fraction of sp³-hybridized carbons (Fsp3) is 0.667. The minimum absolute atomic E-state index is 0.486. The Labute approximate surface area is 107 Å². The lowest BCUT2D eigenvalue weighted by Gasteiger charge is -2.36. The molecule has 2 fully saturated rings. The summed E-state index contributed by atoms with van der Waals surface area (Å²) in [7, 11) is 0. The van der Waals surface area contributed by atoms with Crippen molar-refractivity contribution in [1.29, 1.82) is 0 Å². The van der Waals surface area contributed by atoms with Crippen molar-refractivity contribution in [2.45, 2.75) is 25.8 Å². The quantitative estimate of drug-likeness (QED) is 0.594. The highest BCUT2D eigenvalue weighted by Crippen LogP contribution is 2.28. The molecule has 6 nitrogen and oxygen atoms in total. The van der Waals surface area contributed by atoms with E-state index >= 15 is 0 Å². The van der Waals surface area contributed by atoms with Crippen LogP contribution in [0.1, 0.15) is 18.4 Å². The molecule has 0 aromatic carbocycles. The molecule has 0 atom stereocenters. The van der Waals surface area contributed by atoms with E-state index in [0.29, 0.717) is 5.95 Å². The minimum Gasteiger partial charge on any atom is -0.354 e. The highest BCUT2D eigenvalue weighted by atomic mass is 15.3. The summed E-state index contributed by atoms with van der Waals surface area (Å²) in [6.07, 6.45) is 4.59. The Bertz CT molecular complexity index is 423. The van der Waals surface area contributed by atoms with Crippen LogP contribution in [0.4, 0.5) is 11.8 Å². The van der Waals surface area contributed by atoms with Crippen LogP contribution in [0.15, 0.2) is 6.20 Å². The van der Waals surface area contributed by atoms with Gasteiger partial charge in [-0.15, -0.1) is 0 Å². The molecule has 2 aliphatic rings. The average Bonchev–Trinajstić information content (AvgIpc) is 3.24. The number of nitrogen functional groups attached to an aromatic ring is 1.